The topological polar surface area (TPSA) is 77.8 Å². The monoisotopic (exact) mass is 374 g/mol. The molecule has 4 heteroatoms. The lowest BCUT2D eigenvalue weighted by molar-refractivity contribution is -0.174. The quantitative estimate of drug-likeness (QED) is 0.616. The molecule has 0 aromatic heterocycles. The summed E-state index contributed by atoms with van der Waals surface area (Å²) in [5, 5.41) is 32.6. The predicted octanol–water partition coefficient (Wildman–Crippen LogP) is 3.16. The van der Waals surface area contributed by atoms with Crippen LogP contribution in [0.1, 0.15) is 66.2 Å². The van der Waals surface area contributed by atoms with Crippen molar-refractivity contribution in [2.24, 2.45) is 28.1 Å². The van der Waals surface area contributed by atoms with Crippen LogP contribution in [0.15, 0.2) is 23.8 Å². The molecule has 3 fully saturated rings. The van der Waals surface area contributed by atoms with Crippen molar-refractivity contribution in [2.45, 2.75) is 84.0 Å². The first kappa shape index (κ1) is 19.4. The average molecular weight is 375 g/mol. The molecule has 7 unspecified atom stereocenters. The minimum Gasteiger partial charge on any atom is -0.390 e. The number of fused-ring (bicyclic) bond motifs is 5. The Kier molecular flexibility index (Phi) is 3.98. The molecule has 0 radical (unpaired) electrons. The van der Waals surface area contributed by atoms with E-state index in [-0.39, 0.29) is 29.5 Å². The van der Waals surface area contributed by atoms with Gasteiger partial charge in [-0.15, -0.1) is 0 Å². The Hall–Kier alpha value is -0.970. The third-order valence-corrected chi connectivity index (χ3v) is 9.46. The molecule has 3 saturated carbocycles. The smallest absolute Gasteiger partial charge is 0.162 e. The Labute approximate surface area is 162 Å². The minimum atomic E-state index is -0.986. The van der Waals surface area contributed by atoms with Crippen LogP contribution in [0, 0.1) is 28.1 Å². The van der Waals surface area contributed by atoms with E-state index in [1.807, 2.05) is 13.8 Å². The van der Waals surface area contributed by atoms with Crippen LogP contribution in [0.2, 0.25) is 0 Å². The zero-order valence-corrected chi connectivity index (χ0v) is 17.1. The Morgan fingerprint density at radius 2 is 1.70 bits per heavy atom. The molecule has 0 saturated heterocycles. The number of ketones is 1. The molecule has 27 heavy (non-hydrogen) atoms. The van der Waals surface area contributed by atoms with Gasteiger partial charge in [0.2, 0.25) is 0 Å². The number of carbonyl (C=O) groups excluding carboxylic acids is 1. The molecule has 0 amide bonds. The summed E-state index contributed by atoms with van der Waals surface area (Å²) in [6.07, 6.45) is 4.07. The zero-order valence-electron chi connectivity index (χ0n) is 17.1. The summed E-state index contributed by atoms with van der Waals surface area (Å²) in [4.78, 5) is 13.3. The highest BCUT2D eigenvalue weighted by Gasteiger charge is 2.69. The summed E-state index contributed by atoms with van der Waals surface area (Å²) in [7, 11) is 0. The highest BCUT2D eigenvalue weighted by atomic mass is 16.3. The van der Waals surface area contributed by atoms with Crippen molar-refractivity contribution in [2.75, 3.05) is 0 Å². The van der Waals surface area contributed by atoms with E-state index in [0.29, 0.717) is 12.8 Å². The second-order valence-electron chi connectivity index (χ2n) is 10.6. The molecule has 3 N–H and O–H groups in total. The standard InChI is InChI=1S/C23H34O4/c1-13(2)14-7-9-23(27)16-10-19(26)22(5)12-18(25)17(24)11-21(22,4)15(16)6-8-20(14,23)3/h10,14-15,17-18,24-25,27H,1,6-9,11-12H2,2-5H3/t14?,15?,17?,18?,20?,21?,22?,23-/m1/s1. The molecule has 0 aromatic carbocycles. The van der Waals surface area contributed by atoms with Gasteiger partial charge in [0.15, 0.2) is 5.78 Å². The first-order chi connectivity index (χ1) is 12.4. The Morgan fingerprint density at radius 1 is 1.07 bits per heavy atom. The SMILES string of the molecule is C=C(C)C1CC[C@@]2(O)C3=CC(=O)C4(C)CC(O)C(O)CC4(C)C3CCC12C. The molecule has 4 aliphatic rings. The van der Waals surface area contributed by atoms with E-state index >= 15 is 0 Å². The van der Waals surface area contributed by atoms with Crippen LogP contribution in [-0.2, 0) is 4.79 Å². The number of carbonyl (C=O) groups is 1. The predicted molar refractivity (Wildman–Crippen MR) is 104 cm³/mol. The Bertz CT molecular complexity index is 741. The van der Waals surface area contributed by atoms with Gasteiger partial charge in [0.25, 0.3) is 0 Å². The van der Waals surface area contributed by atoms with Crippen LogP contribution >= 0.6 is 0 Å². The maximum Gasteiger partial charge on any atom is 0.162 e. The van der Waals surface area contributed by atoms with Gasteiger partial charge in [0.1, 0.15) is 0 Å². The maximum atomic E-state index is 13.3. The fraction of sp³-hybridized carbons (Fsp3) is 0.783. The molecule has 0 heterocycles. The van der Waals surface area contributed by atoms with Gasteiger partial charge in [0.05, 0.1) is 17.8 Å². The van der Waals surface area contributed by atoms with Crippen molar-refractivity contribution in [1.82, 2.24) is 0 Å². The van der Waals surface area contributed by atoms with Crippen molar-refractivity contribution in [3.05, 3.63) is 23.8 Å². The number of aliphatic hydroxyl groups excluding tert-OH is 2. The highest BCUT2D eigenvalue weighted by Crippen LogP contribution is 2.70. The molecule has 150 valence electrons. The number of rotatable bonds is 1. The molecule has 4 nitrogen and oxygen atoms in total. The van der Waals surface area contributed by atoms with Crippen molar-refractivity contribution in [3.63, 3.8) is 0 Å². The van der Waals surface area contributed by atoms with Crippen LogP contribution in [0.3, 0.4) is 0 Å². The number of hydrogen-bond acceptors (Lipinski definition) is 4. The van der Waals surface area contributed by atoms with Crippen LogP contribution in [0.5, 0.6) is 0 Å². The van der Waals surface area contributed by atoms with E-state index in [4.69, 9.17) is 0 Å². The van der Waals surface area contributed by atoms with E-state index in [1.54, 1.807) is 6.08 Å². The first-order valence-corrected chi connectivity index (χ1v) is 10.4. The minimum absolute atomic E-state index is 0.00125. The second kappa shape index (κ2) is 5.55. The van der Waals surface area contributed by atoms with Gasteiger partial charge in [0, 0.05) is 10.8 Å². The van der Waals surface area contributed by atoms with Crippen LogP contribution in [0.4, 0.5) is 0 Å². The fourth-order valence-electron chi connectivity index (χ4n) is 7.45. The number of allylic oxidation sites excluding steroid dienone is 2. The van der Waals surface area contributed by atoms with E-state index in [9.17, 15) is 20.1 Å². The van der Waals surface area contributed by atoms with E-state index in [1.165, 1.54) is 0 Å². The third kappa shape index (κ3) is 2.13. The highest BCUT2D eigenvalue weighted by molar-refractivity contribution is 5.97. The van der Waals surface area contributed by atoms with E-state index in [2.05, 4.69) is 20.4 Å². The summed E-state index contributed by atoms with van der Waals surface area (Å²) >= 11 is 0. The summed E-state index contributed by atoms with van der Waals surface area (Å²) in [6, 6.07) is 0. The lowest BCUT2D eigenvalue weighted by Gasteiger charge is -2.63. The molecular weight excluding hydrogens is 340 g/mol. The van der Waals surface area contributed by atoms with Crippen LogP contribution < -0.4 is 0 Å². The molecule has 4 aliphatic carbocycles. The van der Waals surface area contributed by atoms with E-state index < -0.39 is 28.6 Å². The summed E-state index contributed by atoms with van der Waals surface area (Å²) in [5.74, 6) is 0.322. The maximum absolute atomic E-state index is 13.3. The summed E-state index contributed by atoms with van der Waals surface area (Å²) in [6.45, 7) is 12.4. The van der Waals surface area contributed by atoms with Gasteiger partial charge >= 0.3 is 0 Å². The number of hydrogen-bond donors (Lipinski definition) is 3. The Balaban J connectivity index is 1.85. The van der Waals surface area contributed by atoms with E-state index in [0.717, 1.165) is 30.4 Å². The molecule has 0 bridgehead atoms. The van der Waals surface area contributed by atoms with Gasteiger partial charge in [-0.2, -0.15) is 0 Å². The number of aliphatic hydroxyl groups is 3. The third-order valence-electron chi connectivity index (χ3n) is 9.46. The van der Waals surface area contributed by atoms with Crippen LogP contribution in [0.25, 0.3) is 0 Å². The normalized spacial score (nSPS) is 54.6. The van der Waals surface area contributed by atoms with Gasteiger partial charge in [-0.3, -0.25) is 4.79 Å². The zero-order chi connectivity index (χ0) is 20.0. The van der Waals surface area contributed by atoms with Gasteiger partial charge in [-0.1, -0.05) is 32.9 Å². The average Bonchev–Trinajstić information content (AvgIpc) is 2.84. The van der Waals surface area contributed by atoms with Crippen molar-refractivity contribution in [1.29, 1.82) is 0 Å². The van der Waals surface area contributed by atoms with Crippen molar-refractivity contribution < 1.29 is 20.1 Å². The van der Waals surface area contributed by atoms with Gasteiger partial charge < -0.3 is 15.3 Å². The molecule has 0 aromatic rings. The lowest BCUT2D eigenvalue weighted by atomic mass is 9.41. The lowest BCUT2D eigenvalue weighted by Crippen LogP contribution is -2.64. The second-order valence-corrected chi connectivity index (χ2v) is 10.6. The Morgan fingerprint density at radius 3 is 2.33 bits per heavy atom. The van der Waals surface area contributed by atoms with Gasteiger partial charge in [-0.05, 0) is 74.3 Å². The summed E-state index contributed by atoms with van der Waals surface area (Å²) in [5.41, 5.74) is -0.434. The molecule has 8 atom stereocenters. The van der Waals surface area contributed by atoms with Crippen LogP contribution in [-0.4, -0.2) is 38.9 Å². The fourth-order valence-corrected chi connectivity index (χ4v) is 7.45. The molecule has 0 spiro atoms. The first-order valence-electron chi connectivity index (χ1n) is 10.4. The molecule has 4 rings (SSSR count). The van der Waals surface area contributed by atoms with Crippen molar-refractivity contribution >= 4 is 5.78 Å². The largest absolute Gasteiger partial charge is 0.390 e. The molecule has 0 aliphatic heterocycles. The van der Waals surface area contributed by atoms with Gasteiger partial charge in [-0.25, -0.2) is 0 Å². The molecular formula is C23H34O4. The summed E-state index contributed by atoms with van der Waals surface area (Å²) < 4.78 is 0. The van der Waals surface area contributed by atoms with Crippen molar-refractivity contribution in [3.8, 4) is 0 Å².